The molecule has 0 aromatic carbocycles. The summed E-state index contributed by atoms with van der Waals surface area (Å²) in [7, 11) is 0. The van der Waals surface area contributed by atoms with Crippen molar-refractivity contribution in [3.63, 3.8) is 0 Å². The van der Waals surface area contributed by atoms with E-state index in [0.29, 0.717) is 12.8 Å². The monoisotopic (exact) mass is 207 g/mol. The Bertz CT molecular complexity index is 195. The van der Waals surface area contributed by atoms with Gasteiger partial charge in [-0.1, -0.05) is 0 Å². The normalized spacial score (nSPS) is 31.1. The zero-order valence-electron chi connectivity index (χ0n) is 8.60. The van der Waals surface area contributed by atoms with Crippen LogP contribution >= 0.6 is 0 Å². The molecule has 4 heteroatoms. The van der Waals surface area contributed by atoms with Gasteiger partial charge in [0.05, 0.1) is 5.60 Å². The van der Waals surface area contributed by atoms with E-state index in [1.54, 1.807) is 6.92 Å². The van der Waals surface area contributed by atoms with Crippen molar-refractivity contribution in [2.75, 3.05) is 6.54 Å². The standard InChI is InChI=1S/C10H19F2NO/c1-9(14,7-13)5-8-3-2-4-10(11,12)6-8/h8,14H,2-7,13H2,1H3. The Morgan fingerprint density at radius 3 is 2.71 bits per heavy atom. The van der Waals surface area contributed by atoms with E-state index in [4.69, 9.17) is 5.73 Å². The van der Waals surface area contributed by atoms with Gasteiger partial charge in [-0.3, -0.25) is 0 Å². The minimum Gasteiger partial charge on any atom is -0.389 e. The van der Waals surface area contributed by atoms with Crippen LogP contribution in [0, 0.1) is 5.92 Å². The summed E-state index contributed by atoms with van der Waals surface area (Å²) in [6.45, 7) is 1.74. The molecular formula is C10H19F2NO. The largest absolute Gasteiger partial charge is 0.389 e. The first-order valence-corrected chi connectivity index (χ1v) is 5.15. The molecule has 2 atom stereocenters. The molecule has 0 amide bonds. The maximum atomic E-state index is 13.0. The van der Waals surface area contributed by atoms with Crippen molar-refractivity contribution in [3.8, 4) is 0 Å². The highest BCUT2D eigenvalue weighted by Crippen LogP contribution is 2.39. The lowest BCUT2D eigenvalue weighted by molar-refractivity contribution is -0.0668. The number of rotatable bonds is 3. The third kappa shape index (κ3) is 3.50. The quantitative estimate of drug-likeness (QED) is 0.742. The van der Waals surface area contributed by atoms with Crippen LogP contribution in [0.15, 0.2) is 0 Å². The number of alkyl halides is 2. The van der Waals surface area contributed by atoms with E-state index in [9.17, 15) is 13.9 Å². The van der Waals surface area contributed by atoms with Crippen LogP contribution in [0.4, 0.5) is 8.78 Å². The zero-order valence-corrected chi connectivity index (χ0v) is 8.60. The molecule has 2 nitrogen and oxygen atoms in total. The Kier molecular flexibility index (Phi) is 3.48. The summed E-state index contributed by atoms with van der Waals surface area (Å²) in [6, 6.07) is 0. The van der Waals surface area contributed by atoms with E-state index >= 15 is 0 Å². The highest BCUT2D eigenvalue weighted by molar-refractivity contribution is 4.84. The molecule has 0 bridgehead atoms. The van der Waals surface area contributed by atoms with E-state index in [1.807, 2.05) is 0 Å². The molecule has 2 unspecified atom stereocenters. The predicted octanol–water partition coefficient (Wildman–Crippen LogP) is 1.91. The van der Waals surface area contributed by atoms with E-state index in [0.717, 1.165) is 6.42 Å². The van der Waals surface area contributed by atoms with Gasteiger partial charge in [0.2, 0.25) is 5.92 Å². The van der Waals surface area contributed by atoms with Gasteiger partial charge in [-0.05, 0) is 32.1 Å². The summed E-state index contributed by atoms with van der Waals surface area (Å²) in [5.41, 5.74) is 4.37. The fraction of sp³-hybridized carbons (Fsp3) is 1.00. The molecular weight excluding hydrogens is 188 g/mol. The zero-order chi connectivity index (χ0) is 10.8. The number of nitrogens with two attached hydrogens (primary N) is 1. The number of aliphatic hydroxyl groups is 1. The fourth-order valence-electron chi connectivity index (χ4n) is 2.16. The van der Waals surface area contributed by atoms with Gasteiger partial charge in [-0.25, -0.2) is 8.78 Å². The molecule has 1 aliphatic rings. The van der Waals surface area contributed by atoms with Crippen molar-refractivity contribution in [2.45, 2.75) is 50.6 Å². The highest BCUT2D eigenvalue weighted by atomic mass is 19.3. The third-order valence-corrected chi connectivity index (χ3v) is 2.91. The second-order valence-corrected chi connectivity index (χ2v) is 4.72. The van der Waals surface area contributed by atoms with Crippen LogP contribution in [0.3, 0.4) is 0 Å². The minimum atomic E-state index is -2.53. The Hall–Kier alpha value is -0.220. The van der Waals surface area contributed by atoms with Gasteiger partial charge in [0.1, 0.15) is 0 Å². The van der Waals surface area contributed by atoms with E-state index in [2.05, 4.69) is 0 Å². The van der Waals surface area contributed by atoms with Gasteiger partial charge < -0.3 is 10.8 Å². The van der Waals surface area contributed by atoms with Crippen molar-refractivity contribution < 1.29 is 13.9 Å². The van der Waals surface area contributed by atoms with Gasteiger partial charge in [-0.2, -0.15) is 0 Å². The van der Waals surface area contributed by atoms with Gasteiger partial charge in [0, 0.05) is 19.4 Å². The lowest BCUT2D eigenvalue weighted by Crippen LogP contribution is -2.38. The molecule has 84 valence electrons. The predicted molar refractivity (Wildman–Crippen MR) is 51.2 cm³/mol. The molecule has 1 fully saturated rings. The van der Waals surface area contributed by atoms with Crippen LogP contribution in [-0.2, 0) is 0 Å². The molecule has 0 spiro atoms. The third-order valence-electron chi connectivity index (χ3n) is 2.91. The summed E-state index contributed by atoms with van der Waals surface area (Å²) in [6.07, 6.45) is 1.63. The van der Waals surface area contributed by atoms with Crippen molar-refractivity contribution in [3.05, 3.63) is 0 Å². The second-order valence-electron chi connectivity index (χ2n) is 4.72. The maximum Gasteiger partial charge on any atom is 0.248 e. The first kappa shape index (κ1) is 11.9. The molecule has 14 heavy (non-hydrogen) atoms. The number of hydrogen-bond acceptors (Lipinski definition) is 2. The Labute approximate surface area is 83.5 Å². The Balaban J connectivity index is 2.46. The van der Waals surface area contributed by atoms with Crippen LogP contribution in [0.1, 0.15) is 39.0 Å². The Morgan fingerprint density at radius 2 is 2.21 bits per heavy atom. The second kappa shape index (κ2) is 4.11. The van der Waals surface area contributed by atoms with Gasteiger partial charge in [-0.15, -0.1) is 0 Å². The summed E-state index contributed by atoms with van der Waals surface area (Å²) < 4.78 is 26.0. The minimum absolute atomic E-state index is 0.00569. The average Bonchev–Trinajstić information content (AvgIpc) is 2.01. The first-order valence-electron chi connectivity index (χ1n) is 5.15. The SMILES string of the molecule is CC(O)(CN)CC1CCCC(F)(F)C1. The molecule has 0 aromatic heterocycles. The Morgan fingerprint density at radius 1 is 1.57 bits per heavy atom. The van der Waals surface area contributed by atoms with E-state index in [-0.39, 0.29) is 25.3 Å². The molecule has 0 radical (unpaired) electrons. The van der Waals surface area contributed by atoms with Crippen LogP contribution in [0.2, 0.25) is 0 Å². The van der Waals surface area contributed by atoms with Crippen LogP contribution in [0.25, 0.3) is 0 Å². The molecule has 1 rings (SSSR count). The van der Waals surface area contributed by atoms with Gasteiger partial charge >= 0.3 is 0 Å². The van der Waals surface area contributed by atoms with Crippen LogP contribution < -0.4 is 5.73 Å². The first-order chi connectivity index (χ1) is 6.35. The van der Waals surface area contributed by atoms with Crippen molar-refractivity contribution in [1.82, 2.24) is 0 Å². The van der Waals surface area contributed by atoms with E-state index < -0.39 is 11.5 Å². The summed E-state index contributed by atoms with van der Waals surface area (Å²) in [4.78, 5) is 0. The summed E-state index contributed by atoms with van der Waals surface area (Å²) >= 11 is 0. The average molecular weight is 207 g/mol. The van der Waals surface area contributed by atoms with Crippen LogP contribution in [-0.4, -0.2) is 23.2 Å². The van der Waals surface area contributed by atoms with E-state index in [1.165, 1.54) is 0 Å². The molecule has 0 aliphatic heterocycles. The van der Waals surface area contributed by atoms with Gasteiger partial charge in [0.25, 0.3) is 0 Å². The van der Waals surface area contributed by atoms with Crippen LogP contribution in [0.5, 0.6) is 0 Å². The van der Waals surface area contributed by atoms with Crippen molar-refractivity contribution in [2.24, 2.45) is 11.7 Å². The lowest BCUT2D eigenvalue weighted by Gasteiger charge is -2.33. The number of hydrogen-bond donors (Lipinski definition) is 2. The van der Waals surface area contributed by atoms with Crippen molar-refractivity contribution >= 4 is 0 Å². The molecule has 1 saturated carbocycles. The maximum absolute atomic E-state index is 13.0. The fourth-order valence-corrected chi connectivity index (χ4v) is 2.16. The molecule has 1 aliphatic carbocycles. The molecule has 0 aromatic rings. The molecule has 3 N–H and O–H groups in total. The highest BCUT2D eigenvalue weighted by Gasteiger charge is 2.38. The molecule has 0 saturated heterocycles. The summed E-state index contributed by atoms with van der Waals surface area (Å²) in [5, 5.41) is 9.68. The topological polar surface area (TPSA) is 46.2 Å². The number of halogens is 2. The smallest absolute Gasteiger partial charge is 0.248 e. The van der Waals surface area contributed by atoms with Crippen molar-refractivity contribution in [1.29, 1.82) is 0 Å². The van der Waals surface area contributed by atoms with Gasteiger partial charge in [0.15, 0.2) is 0 Å². The lowest BCUT2D eigenvalue weighted by atomic mass is 9.80. The summed E-state index contributed by atoms with van der Waals surface area (Å²) in [5.74, 6) is -2.62. The molecule has 0 heterocycles.